The maximum Gasteiger partial charge on any atom is 0.0998 e. The van der Waals surface area contributed by atoms with Crippen LogP contribution >= 0.6 is 0 Å². The summed E-state index contributed by atoms with van der Waals surface area (Å²) in [6.07, 6.45) is 9.71. The fraction of sp³-hybridized carbons (Fsp3) is 0.300. The van der Waals surface area contributed by atoms with Gasteiger partial charge in [0.05, 0.1) is 24.6 Å². The van der Waals surface area contributed by atoms with Crippen LogP contribution in [0.3, 0.4) is 0 Å². The van der Waals surface area contributed by atoms with Crippen molar-refractivity contribution in [3.63, 3.8) is 0 Å². The van der Waals surface area contributed by atoms with Crippen molar-refractivity contribution < 1.29 is 10.3 Å². The van der Waals surface area contributed by atoms with Gasteiger partial charge in [0.2, 0.25) is 0 Å². The highest BCUT2D eigenvalue weighted by molar-refractivity contribution is 6.04. The van der Waals surface area contributed by atoms with Gasteiger partial charge in [0.15, 0.2) is 0 Å². The maximum absolute atomic E-state index is 9.25. The largest absolute Gasteiger partial charge is 0.411 e. The number of aromatic nitrogens is 2. The van der Waals surface area contributed by atoms with E-state index in [1.54, 1.807) is 4.68 Å². The molecule has 2 aromatic rings. The molecule has 2 N–H and O–H groups in total. The zero-order valence-corrected chi connectivity index (χ0v) is 14.6. The number of allylic oxidation sites excluding steroid dienone is 4. The van der Waals surface area contributed by atoms with E-state index in [4.69, 9.17) is 5.21 Å². The molecule has 0 amide bonds. The number of aliphatic hydroxyl groups is 1. The molecular weight excluding hydrogens is 314 g/mol. The molecule has 0 aliphatic heterocycles. The lowest BCUT2D eigenvalue weighted by molar-refractivity contribution is 0.269. The van der Waals surface area contributed by atoms with Gasteiger partial charge in [0.25, 0.3) is 0 Å². The van der Waals surface area contributed by atoms with E-state index < -0.39 is 0 Å². The number of aryl methyl sites for hydroxylation is 1. The van der Waals surface area contributed by atoms with Gasteiger partial charge in [0.1, 0.15) is 0 Å². The molecule has 0 atom stereocenters. The van der Waals surface area contributed by atoms with Crippen molar-refractivity contribution in [3.05, 3.63) is 59.4 Å². The Kier molecular flexibility index (Phi) is 5.14. The molecule has 1 aliphatic carbocycles. The summed E-state index contributed by atoms with van der Waals surface area (Å²) >= 11 is 0. The lowest BCUT2D eigenvalue weighted by atomic mass is 9.98. The first-order valence-corrected chi connectivity index (χ1v) is 8.54. The molecule has 5 nitrogen and oxygen atoms in total. The van der Waals surface area contributed by atoms with E-state index in [0.717, 1.165) is 46.5 Å². The van der Waals surface area contributed by atoms with Crippen LogP contribution < -0.4 is 0 Å². The molecule has 25 heavy (non-hydrogen) atoms. The third kappa shape index (κ3) is 3.28. The van der Waals surface area contributed by atoms with Crippen molar-refractivity contribution in [2.24, 2.45) is 5.16 Å². The average Bonchev–Trinajstić information content (AvgIpc) is 3.23. The number of nitrogens with zero attached hydrogens (tertiary/aromatic N) is 3. The van der Waals surface area contributed by atoms with Crippen molar-refractivity contribution in [1.29, 1.82) is 0 Å². The Morgan fingerprint density at radius 1 is 1.28 bits per heavy atom. The van der Waals surface area contributed by atoms with Gasteiger partial charge in [-0.1, -0.05) is 41.6 Å². The number of aliphatic hydroxyl groups excluding tert-OH is 1. The highest BCUT2D eigenvalue weighted by Gasteiger charge is 2.20. The molecule has 0 unspecified atom stereocenters. The Morgan fingerprint density at radius 2 is 2.12 bits per heavy atom. The summed E-state index contributed by atoms with van der Waals surface area (Å²) in [5.74, 6) is 0. The summed E-state index contributed by atoms with van der Waals surface area (Å²) < 4.78 is 1.78. The highest BCUT2D eigenvalue weighted by Crippen LogP contribution is 2.33. The summed E-state index contributed by atoms with van der Waals surface area (Å²) in [5.41, 5.74) is 7.04. The van der Waals surface area contributed by atoms with Crippen LogP contribution in [0.25, 0.3) is 16.7 Å². The quantitative estimate of drug-likeness (QED) is 0.497. The second-order valence-electron chi connectivity index (χ2n) is 6.04. The number of hydrogen-bond acceptors (Lipinski definition) is 4. The predicted molar refractivity (Wildman–Crippen MR) is 99.9 cm³/mol. The first-order valence-electron chi connectivity index (χ1n) is 8.54. The van der Waals surface area contributed by atoms with Gasteiger partial charge < -0.3 is 10.3 Å². The van der Waals surface area contributed by atoms with Crippen molar-refractivity contribution in [1.82, 2.24) is 9.78 Å². The lowest BCUT2D eigenvalue weighted by Gasteiger charge is -2.06. The Hall–Kier alpha value is -2.66. The zero-order valence-electron chi connectivity index (χ0n) is 14.6. The minimum Gasteiger partial charge on any atom is -0.411 e. The minimum atomic E-state index is 0.0515. The molecule has 0 radical (unpaired) electrons. The highest BCUT2D eigenvalue weighted by atomic mass is 16.4. The summed E-state index contributed by atoms with van der Waals surface area (Å²) in [4.78, 5) is 0. The fourth-order valence-corrected chi connectivity index (χ4v) is 3.30. The van der Waals surface area contributed by atoms with Gasteiger partial charge in [0, 0.05) is 17.3 Å². The monoisotopic (exact) mass is 337 g/mol. The summed E-state index contributed by atoms with van der Waals surface area (Å²) in [6.45, 7) is 4.50. The van der Waals surface area contributed by atoms with E-state index in [1.165, 1.54) is 5.56 Å². The normalized spacial score (nSPS) is 16.1. The van der Waals surface area contributed by atoms with Crippen molar-refractivity contribution in [3.8, 4) is 11.1 Å². The topological polar surface area (TPSA) is 70.6 Å². The van der Waals surface area contributed by atoms with Crippen molar-refractivity contribution in [2.45, 2.75) is 33.2 Å². The molecule has 1 aromatic heterocycles. The van der Waals surface area contributed by atoms with Gasteiger partial charge in [-0.3, -0.25) is 4.68 Å². The van der Waals surface area contributed by atoms with Gasteiger partial charge in [-0.05, 0) is 43.4 Å². The van der Waals surface area contributed by atoms with Gasteiger partial charge in [-0.2, -0.15) is 5.10 Å². The second kappa shape index (κ2) is 7.49. The molecule has 0 saturated heterocycles. The van der Waals surface area contributed by atoms with E-state index >= 15 is 0 Å². The predicted octanol–water partition coefficient (Wildman–Crippen LogP) is 3.65. The molecule has 5 heteroatoms. The van der Waals surface area contributed by atoms with E-state index in [2.05, 4.69) is 16.3 Å². The molecule has 130 valence electrons. The molecule has 0 saturated carbocycles. The summed E-state index contributed by atoms with van der Waals surface area (Å²) in [6, 6.07) is 6.22. The third-order valence-corrected chi connectivity index (χ3v) is 4.50. The van der Waals surface area contributed by atoms with Crippen LogP contribution in [0.15, 0.2) is 47.8 Å². The molecule has 1 aliphatic rings. The van der Waals surface area contributed by atoms with Crippen LogP contribution in [0, 0.1) is 0 Å². The van der Waals surface area contributed by atoms with E-state index in [-0.39, 0.29) is 6.61 Å². The van der Waals surface area contributed by atoms with Crippen LogP contribution in [0.5, 0.6) is 0 Å². The first kappa shape index (κ1) is 17.2. The van der Waals surface area contributed by atoms with Crippen molar-refractivity contribution >= 4 is 11.3 Å². The minimum absolute atomic E-state index is 0.0515. The third-order valence-electron chi connectivity index (χ3n) is 4.50. The molecule has 0 bridgehead atoms. The van der Waals surface area contributed by atoms with Crippen molar-refractivity contribution in [2.75, 3.05) is 6.61 Å². The van der Waals surface area contributed by atoms with Crippen LogP contribution in [-0.4, -0.2) is 32.4 Å². The average molecular weight is 337 g/mol. The molecular formula is C20H23N3O2. The van der Waals surface area contributed by atoms with Crippen LogP contribution in [0.1, 0.15) is 37.1 Å². The van der Waals surface area contributed by atoms with Crippen LogP contribution in [-0.2, 0) is 13.0 Å². The number of rotatable bonds is 5. The molecule has 1 heterocycles. The maximum atomic E-state index is 9.25. The van der Waals surface area contributed by atoms with Crippen LogP contribution in [0.4, 0.5) is 0 Å². The summed E-state index contributed by atoms with van der Waals surface area (Å²) in [5, 5.41) is 26.4. The number of hydrogen-bond donors (Lipinski definition) is 2. The molecule has 0 spiro atoms. The van der Waals surface area contributed by atoms with E-state index in [1.807, 2.05) is 50.4 Å². The van der Waals surface area contributed by atoms with Gasteiger partial charge in [-0.15, -0.1) is 0 Å². The lowest BCUT2D eigenvalue weighted by Crippen LogP contribution is -2.02. The SMILES string of the molecule is C/C=C\C(=C/C)c1nn(CCO)cc1-c1ccc2c(c1)CC/C2=N\O. The Labute approximate surface area is 147 Å². The molecule has 0 fully saturated rings. The molecule has 1 aromatic carbocycles. The van der Waals surface area contributed by atoms with Crippen LogP contribution in [0.2, 0.25) is 0 Å². The molecule has 3 rings (SSSR count). The van der Waals surface area contributed by atoms with Gasteiger partial charge >= 0.3 is 0 Å². The van der Waals surface area contributed by atoms with E-state index in [0.29, 0.717) is 6.54 Å². The fourth-order valence-electron chi connectivity index (χ4n) is 3.30. The summed E-state index contributed by atoms with van der Waals surface area (Å²) in [7, 11) is 0. The van der Waals surface area contributed by atoms with Gasteiger partial charge in [-0.25, -0.2) is 0 Å². The second-order valence-corrected chi connectivity index (χ2v) is 6.04. The standard InChI is InChI=1S/C20H23N3O2/c1-3-5-14(4-2)20-18(13-23(21-20)10-11-24)16-6-8-17-15(12-16)7-9-19(17)22-25/h3-6,8,12-13,24-25H,7,9-11H2,1-2H3/b5-3-,14-4+,22-19+. The Morgan fingerprint density at radius 3 is 2.80 bits per heavy atom. The Bertz CT molecular complexity index is 860. The Balaban J connectivity index is 2.10. The van der Waals surface area contributed by atoms with E-state index in [9.17, 15) is 5.11 Å². The number of fused-ring (bicyclic) bond motifs is 1. The smallest absolute Gasteiger partial charge is 0.0998 e. The number of benzene rings is 1. The number of oxime groups is 1. The zero-order chi connectivity index (χ0) is 17.8. The first-order chi connectivity index (χ1) is 12.2.